The van der Waals surface area contributed by atoms with E-state index in [1.54, 1.807) is 13.2 Å². The molecule has 0 bridgehead atoms. The molecule has 1 atom stereocenters. The lowest BCUT2D eigenvalue weighted by atomic mass is 10.3. The highest BCUT2D eigenvalue weighted by molar-refractivity contribution is 14.0. The SMILES string of the molecule is CCNC(=NC)NC1CCN(c2ncccc2Cl)C1.I. The van der Waals surface area contributed by atoms with Gasteiger partial charge in [0.05, 0.1) is 5.02 Å². The molecule has 1 unspecified atom stereocenters. The van der Waals surface area contributed by atoms with Gasteiger partial charge in [-0.2, -0.15) is 0 Å². The molecule has 0 aliphatic carbocycles. The number of pyridine rings is 1. The number of aromatic nitrogens is 1. The second-order valence-corrected chi connectivity index (χ2v) is 4.89. The first-order valence-corrected chi connectivity index (χ1v) is 6.95. The molecule has 2 N–H and O–H groups in total. The van der Waals surface area contributed by atoms with Gasteiger partial charge in [-0.1, -0.05) is 11.6 Å². The van der Waals surface area contributed by atoms with Crippen molar-refractivity contribution in [2.75, 3.05) is 31.6 Å². The average Bonchev–Trinajstić information content (AvgIpc) is 2.87. The Hall–Kier alpha value is -0.760. The molecule has 0 saturated carbocycles. The van der Waals surface area contributed by atoms with Crippen molar-refractivity contribution < 1.29 is 0 Å². The molecule has 1 aliphatic heterocycles. The van der Waals surface area contributed by atoms with Crippen LogP contribution < -0.4 is 15.5 Å². The van der Waals surface area contributed by atoms with Gasteiger partial charge in [0.1, 0.15) is 5.82 Å². The fourth-order valence-corrected chi connectivity index (χ4v) is 2.48. The molecule has 1 fully saturated rings. The van der Waals surface area contributed by atoms with Crippen molar-refractivity contribution in [1.82, 2.24) is 15.6 Å². The lowest BCUT2D eigenvalue weighted by Gasteiger charge is -2.20. The Bertz CT molecular complexity index is 454. The summed E-state index contributed by atoms with van der Waals surface area (Å²) >= 11 is 6.17. The van der Waals surface area contributed by atoms with Gasteiger partial charge in [-0.15, -0.1) is 24.0 Å². The summed E-state index contributed by atoms with van der Waals surface area (Å²) in [6.45, 7) is 4.77. The molecule has 1 aliphatic rings. The summed E-state index contributed by atoms with van der Waals surface area (Å²) in [6.07, 6.45) is 2.83. The van der Waals surface area contributed by atoms with Crippen molar-refractivity contribution in [1.29, 1.82) is 0 Å². The van der Waals surface area contributed by atoms with E-state index in [4.69, 9.17) is 11.6 Å². The Kier molecular flexibility index (Phi) is 7.36. The average molecular weight is 410 g/mol. The van der Waals surface area contributed by atoms with E-state index in [0.717, 1.165) is 37.8 Å². The number of anilines is 1. The summed E-state index contributed by atoms with van der Waals surface area (Å²) in [6, 6.07) is 4.10. The number of nitrogens with zero attached hydrogens (tertiary/aromatic N) is 3. The van der Waals surface area contributed by atoms with Crippen LogP contribution in [0.2, 0.25) is 5.02 Å². The molecule has 2 rings (SSSR count). The van der Waals surface area contributed by atoms with Crippen molar-refractivity contribution in [3.63, 3.8) is 0 Å². The minimum absolute atomic E-state index is 0. The highest BCUT2D eigenvalue weighted by Gasteiger charge is 2.25. The van der Waals surface area contributed by atoms with Gasteiger partial charge in [-0.25, -0.2) is 4.98 Å². The van der Waals surface area contributed by atoms with Crippen molar-refractivity contribution in [3.05, 3.63) is 23.4 Å². The third-order valence-corrected chi connectivity index (χ3v) is 3.43. The van der Waals surface area contributed by atoms with Gasteiger partial charge in [-0.3, -0.25) is 4.99 Å². The van der Waals surface area contributed by atoms with E-state index >= 15 is 0 Å². The van der Waals surface area contributed by atoms with Gasteiger partial charge in [0, 0.05) is 38.9 Å². The Morgan fingerprint density at radius 1 is 1.60 bits per heavy atom. The van der Waals surface area contributed by atoms with Gasteiger partial charge in [0.2, 0.25) is 0 Å². The van der Waals surface area contributed by atoms with Gasteiger partial charge < -0.3 is 15.5 Å². The van der Waals surface area contributed by atoms with E-state index in [-0.39, 0.29) is 24.0 Å². The zero-order valence-electron chi connectivity index (χ0n) is 11.8. The molecule has 1 aromatic heterocycles. The molecular formula is C13H21ClIN5. The van der Waals surface area contributed by atoms with E-state index in [1.165, 1.54) is 0 Å². The molecule has 0 aromatic carbocycles. The fourth-order valence-electron chi connectivity index (χ4n) is 2.24. The number of rotatable bonds is 3. The molecule has 1 aromatic rings. The topological polar surface area (TPSA) is 52.6 Å². The van der Waals surface area contributed by atoms with Crippen LogP contribution in [0.3, 0.4) is 0 Å². The summed E-state index contributed by atoms with van der Waals surface area (Å²) < 4.78 is 0. The molecule has 1 saturated heterocycles. The van der Waals surface area contributed by atoms with Crippen molar-refractivity contribution in [2.24, 2.45) is 4.99 Å². The minimum atomic E-state index is 0. The number of hydrogen-bond donors (Lipinski definition) is 2. The first kappa shape index (κ1) is 17.3. The van der Waals surface area contributed by atoms with E-state index in [2.05, 4.69) is 32.4 Å². The third kappa shape index (κ3) is 4.37. The molecule has 112 valence electrons. The lowest BCUT2D eigenvalue weighted by Crippen LogP contribution is -2.44. The lowest BCUT2D eigenvalue weighted by molar-refractivity contribution is 0.651. The second kappa shape index (κ2) is 8.51. The van der Waals surface area contributed by atoms with E-state index < -0.39 is 0 Å². The maximum atomic E-state index is 6.17. The zero-order valence-corrected chi connectivity index (χ0v) is 14.9. The van der Waals surface area contributed by atoms with Crippen LogP contribution in [0.4, 0.5) is 5.82 Å². The summed E-state index contributed by atoms with van der Waals surface area (Å²) in [5.74, 6) is 1.72. The highest BCUT2D eigenvalue weighted by Crippen LogP contribution is 2.25. The van der Waals surface area contributed by atoms with Gasteiger partial charge in [0.25, 0.3) is 0 Å². The van der Waals surface area contributed by atoms with Crippen LogP contribution in [-0.2, 0) is 0 Å². The predicted octanol–water partition coefficient (Wildman–Crippen LogP) is 2.12. The van der Waals surface area contributed by atoms with Crippen LogP contribution in [0.1, 0.15) is 13.3 Å². The van der Waals surface area contributed by atoms with Crippen molar-refractivity contribution in [3.8, 4) is 0 Å². The minimum Gasteiger partial charge on any atom is -0.357 e. The van der Waals surface area contributed by atoms with Crippen molar-refractivity contribution >= 4 is 47.4 Å². The molecule has 5 nitrogen and oxygen atoms in total. The molecule has 0 spiro atoms. The van der Waals surface area contributed by atoms with Crippen molar-refractivity contribution in [2.45, 2.75) is 19.4 Å². The Morgan fingerprint density at radius 3 is 3.05 bits per heavy atom. The monoisotopic (exact) mass is 409 g/mol. The normalized spacial score (nSPS) is 18.6. The first-order chi connectivity index (χ1) is 9.24. The number of hydrogen-bond acceptors (Lipinski definition) is 3. The summed E-state index contributed by atoms with van der Waals surface area (Å²) in [5, 5.41) is 7.32. The molecule has 2 heterocycles. The highest BCUT2D eigenvalue weighted by atomic mass is 127. The van der Waals surface area contributed by atoms with E-state index in [9.17, 15) is 0 Å². The molecule has 0 amide bonds. The largest absolute Gasteiger partial charge is 0.357 e. The maximum absolute atomic E-state index is 6.17. The van der Waals surface area contributed by atoms with Crippen LogP contribution >= 0.6 is 35.6 Å². The van der Waals surface area contributed by atoms with Crippen LogP contribution in [0.25, 0.3) is 0 Å². The number of aliphatic imine (C=N–C) groups is 1. The van der Waals surface area contributed by atoms with Gasteiger partial charge >= 0.3 is 0 Å². The molecule has 0 radical (unpaired) electrons. The number of guanidine groups is 1. The fraction of sp³-hybridized carbons (Fsp3) is 0.538. The third-order valence-electron chi connectivity index (χ3n) is 3.14. The summed E-state index contributed by atoms with van der Waals surface area (Å²) in [7, 11) is 1.79. The molecule has 20 heavy (non-hydrogen) atoms. The first-order valence-electron chi connectivity index (χ1n) is 6.57. The maximum Gasteiger partial charge on any atom is 0.191 e. The molecule has 7 heteroatoms. The Morgan fingerprint density at radius 2 is 2.40 bits per heavy atom. The predicted molar refractivity (Wildman–Crippen MR) is 95.5 cm³/mol. The number of nitrogens with one attached hydrogen (secondary N) is 2. The second-order valence-electron chi connectivity index (χ2n) is 4.49. The summed E-state index contributed by atoms with van der Waals surface area (Å²) in [5.41, 5.74) is 0. The van der Waals surface area contributed by atoms with Crippen LogP contribution in [0.15, 0.2) is 23.3 Å². The Balaban J connectivity index is 0.00000200. The van der Waals surface area contributed by atoms with E-state index in [1.807, 2.05) is 12.1 Å². The van der Waals surface area contributed by atoms with Crippen LogP contribution in [-0.4, -0.2) is 43.7 Å². The van der Waals surface area contributed by atoms with Gasteiger partial charge in [-0.05, 0) is 25.5 Å². The Labute approximate surface area is 142 Å². The van der Waals surface area contributed by atoms with E-state index in [0.29, 0.717) is 11.1 Å². The van der Waals surface area contributed by atoms with Gasteiger partial charge in [0.15, 0.2) is 5.96 Å². The summed E-state index contributed by atoms with van der Waals surface area (Å²) in [4.78, 5) is 10.7. The van der Waals surface area contributed by atoms with Crippen LogP contribution in [0.5, 0.6) is 0 Å². The number of halogens is 2. The molecular weight excluding hydrogens is 389 g/mol. The standard InChI is InChI=1S/C13H20ClN5.HI/c1-3-16-13(15-2)18-10-6-8-19(9-10)12-11(14)5-4-7-17-12;/h4-5,7,10H,3,6,8-9H2,1-2H3,(H2,15,16,18);1H. The smallest absolute Gasteiger partial charge is 0.191 e. The van der Waals surface area contributed by atoms with Crippen LogP contribution in [0, 0.1) is 0 Å². The quantitative estimate of drug-likeness (QED) is 0.456. The zero-order chi connectivity index (χ0) is 13.7.